The fraction of sp³-hybridized carbons (Fsp3) is 0.00787. The largest absolute Gasteiger partial charge is 1.00 e. The first kappa shape index (κ1) is 82.3. The summed E-state index contributed by atoms with van der Waals surface area (Å²) in [6.07, 6.45) is 0. The van der Waals surface area contributed by atoms with Crippen molar-refractivity contribution in [1.82, 2.24) is 48.6 Å². The Hall–Kier alpha value is -17.2. The quantitative estimate of drug-likeness (QED) is 0.126. The third kappa shape index (κ3) is 13.3. The standard InChI is InChI=1S/C63H37N5.C48H28N2.C15H10ClN3.CH3F.Na.H/c1-4-18-38(19-5-1)61-64-62(39-20-6-2-7-21-39)66-63(65-61)68-58-37-54-48-31-17-13-27-44(48)42-25-11-15-29-46(42)52(54)35-56(58)50-33-32-49-55-34-51-45-28-14-10-24-41(45)43-26-12-16-30-47(43)53(51)36-57(55)67(59(49)60(50)68)40-22-8-3-9-23-40;1-2-12-28(13-3-1)50-46-27-42-36-21-11-7-17-32(36)30-15-5-9-19-34(30)40(42)25-44(46)38-23-22-37-43-24-39-33-18-8-4-14-29(33)31-16-6-10-20-35(31)41(39)26-45(43)49-47(37)48(38)50;16-15-18-13(11-7-3-1-4-8-11)17-14(19-15)12-9-5-2-6-10-12;1-2;;/h1-37H;1-27,49H;1-10H;1H3;;/q;;;;+1;-1/i;;;1D;;. The summed E-state index contributed by atoms with van der Waals surface area (Å²) in [5.41, 5.74) is 15.0. The smallest absolute Gasteiger partial charge is 1.00 e. The van der Waals surface area contributed by atoms with Crippen molar-refractivity contribution in [1.29, 1.82) is 0 Å². The number of H-pyrrole nitrogens is 1. The number of fused-ring (bicyclic) bond motifs is 38. The van der Waals surface area contributed by atoms with Gasteiger partial charge >= 0.3 is 29.6 Å². The molecule has 30 aromatic rings. The van der Waals surface area contributed by atoms with Crippen LogP contribution in [0.3, 0.4) is 0 Å². The van der Waals surface area contributed by atoms with Crippen LogP contribution in [0.15, 0.2) is 449 Å². The molecule has 10 nitrogen and oxygen atoms in total. The van der Waals surface area contributed by atoms with Crippen molar-refractivity contribution in [3.05, 3.63) is 454 Å². The average Bonchev–Trinajstić information content (AvgIpc) is 1.53. The number of para-hydroxylation sites is 2. The summed E-state index contributed by atoms with van der Waals surface area (Å²) in [6.45, 7) is 0. The molecule has 0 saturated heterocycles. The molecule has 0 radical (unpaired) electrons. The molecule has 30 rings (SSSR count). The Morgan fingerprint density at radius 2 is 0.443 bits per heavy atom. The molecule has 140 heavy (non-hydrogen) atoms. The molecule has 0 aliphatic rings. The van der Waals surface area contributed by atoms with Crippen molar-refractivity contribution in [2.75, 3.05) is 7.15 Å². The number of hydrogen-bond acceptors (Lipinski definition) is 6. The molecular formula is C127H79ClFN10Na. The van der Waals surface area contributed by atoms with Crippen molar-refractivity contribution >= 4 is 228 Å². The predicted molar refractivity (Wildman–Crippen MR) is 583 cm³/mol. The Labute approximate surface area is 831 Å². The summed E-state index contributed by atoms with van der Waals surface area (Å²) in [6, 6.07) is 161. The summed E-state index contributed by atoms with van der Waals surface area (Å²) in [5, 5.41) is 40.1. The predicted octanol–water partition coefficient (Wildman–Crippen LogP) is 31.2. The van der Waals surface area contributed by atoms with Crippen LogP contribution in [0, 0.1) is 0 Å². The fourth-order valence-corrected chi connectivity index (χ4v) is 22.4. The molecule has 0 aliphatic carbocycles. The maximum atomic E-state index is 9.96. The van der Waals surface area contributed by atoms with Gasteiger partial charge in [0.05, 0.1) is 47.1 Å². The molecule has 6 aromatic heterocycles. The van der Waals surface area contributed by atoms with Gasteiger partial charge in [0.2, 0.25) is 11.2 Å². The molecule has 0 fully saturated rings. The van der Waals surface area contributed by atoms with Gasteiger partial charge in [0, 0.05) is 82.2 Å². The van der Waals surface area contributed by atoms with Crippen LogP contribution in [-0.4, -0.2) is 55.7 Å². The van der Waals surface area contributed by atoms with E-state index in [2.05, 4.69) is 385 Å². The minimum Gasteiger partial charge on any atom is -1.00 e. The van der Waals surface area contributed by atoms with Crippen molar-refractivity contribution in [2.45, 2.75) is 0 Å². The first-order chi connectivity index (χ1) is 69.3. The number of rotatable bonds is 7. The van der Waals surface area contributed by atoms with Gasteiger partial charge < -0.3 is 15.5 Å². The van der Waals surface area contributed by atoms with Gasteiger partial charge in [0.25, 0.3) is 0 Å². The van der Waals surface area contributed by atoms with E-state index in [1.54, 1.807) is 0 Å². The van der Waals surface area contributed by atoms with Gasteiger partial charge in [-0.25, -0.2) is 9.97 Å². The number of hydrogen-bond donors (Lipinski definition) is 1. The Bertz CT molecular complexity index is 10300. The van der Waals surface area contributed by atoms with Crippen LogP contribution < -0.4 is 29.6 Å². The molecule has 0 saturated carbocycles. The van der Waals surface area contributed by atoms with Crippen LogP contribution >= 0.6 is 11.6 Å². The number of benzene rings is 24. The zero-order valence-electron chi connectivity index (χ0n) is 77.7. The Morgan fingerprint density at radius 1 is 0.221 bits per heavy atom. The number of aromatic nitrogens is 10. The number of halogens is 2. The topological polar surface area (TPSA) is 108 Å². The molecule has 0 bridgehead atoms. The summed E-state index contributed by atoms with van der Waals surface area (Å²) in [7, 11) is -1.00. The molecule has 0 unspecified atom stereocenters. The van der Waals surface area contributed by atoms with Crippen molar-refractivity contribution in [3.63, 3.8) is 0 Å². The van der Waals surface area contributed by atoms with Gasteiger partial charge in [0.15, 0.2) is 23.3 Å². The van der Waals surface area contributed by atoms with Crippen LogP contribution in [0.4, 0.5) is 4.39 Å². The van der Waals surface area contributed by atoms with Gasteiger partial charge in [-0.05, 0) is 214 Å². The van der Waals surface area contributed by atoms with Crippen molar-refractivity contribution in [3.8, 4) is 62.9 Å². The van der Waals surface area contributed by atoms with Gasteiger partial charge in [-0.1, -0.05) is 376 Å². The molecule has 0 aliphatic heterocycles. The minimum absolute atomic E-state index is 0. The maximum Gasteiger partial charge on any atom is 1.00 e. The number of alkyl halides is 1. The van der Waals surface area contributed by atoms with Crippen LogP contribution in [0.25, 0.3) is 279 Å². The van der Waals surface area contributed by atoms with Gasteiger partial charge in [-0.3, -0.25) is 8.96 Å². The van der Waals surface area contributed by atoms with E-state index in [-0.39, 0.29) is 36.3 Å². The van der Waals surface area contributed by atoms with E-state index in [1.165, 1.54) is 173 Å². The summed E-state index contributed by atoms with van der Waals surface area (Å²) < 4.78 is 22.8. The average molecular weight is 1820 g/mol. The summed E-state index contributed by atoms with van der Waals surface area (Å²) >= 11 is 5.99. The van der Waals surface area contributed by atoms with E-state index in [4.69, 9.17) is 27.9 Å². The van der Waals surface area contributed by atoms with Gasteiger partial charge in [-0.2, -0.15) is 19.9 Å². The van der Waals surface area contributed by atoms with E-state index in [9.17, 15) is 4.39 Å². The summed E-state index contributed by atoms with van der Waals surface area (Å²) in [4.78, 5) is 32.9. The normalized spacial score (nSPS) is 11.9. The van der Waals surface area contributed by atoms with Gasteiger partial charge in [-0.15, -0.1) is 0 Å². The van der Waals surface area contributed by atoms with E-state index in [0.29, 0.717) is 29.2 Å². The second kappa shape index (κ2) is 34.0. The third-order valence-corrected chi connectivity index (χ3v) is 28.4. The molecule has 0 amide bonds. The first-order valence-electron chi connectivity index (χ1n) is 47.4. The molecule has 1 N–H and O–H groups in total. The number of aromatic amines is 1. The molecule has 13 heteroatoms. The molecule has 0 spiro atoms. The van der Waals surface area contributed by atoms with Crippen LogP contribution in [0.1, 0.15) is 2.80 Å². The Balaban J connectivity index is 0.000000125. The van der Waals surface area contributed by atoms with E-state index in [1.807, 2.05) is 97.1 Å². The second-order valence-corrected chi connectivity index (χ2v) is 35.9. The zero-order valence-corrected chi connectivity index (χ0v) is 78.5. The van der Waals surface area contributed by atoms with Crippen molar-refractivity contribution in [2.24, 2.45) is 0 Å². The Kier molecular flexibility index (Phi) is 20.0. The SMILES string of the molecule is Clc1nc(-c2ccccc2)nc(-c2ccccc2)n1.[2H]CF.[H-].[Na+].c1ccc(-c2nc(-c3ccccc3)nc(-n3c4cc5c6ccccc6c6ccccc6c5cc4c4ccc5c6cc7c8ccccc8c8ccccc8c7cc6n(-c6ccccc6)c5c43)n2)cc1.c1ccc(-n2c3cc4c5ccccc5c5ccccc5c4cc3c3ccc4c5cc6c7ccccc7c7ccccc7c6cc5[nH]c4c32)cc1. The van der Waals surface area contributed by atoms with Crippen LogP contribution in [0.5, 0.6) is 0 Å². The molecular weight excluding hydrogens is 1740 g/mol. The minimum atomic E-state index is -1.00. The molecule has 652 valence electrons. The van der Waals surface area contributed by atoms with E-state index < -0.39 is 7.15 Å². The van der Waals surface area contributed by atoms with Crippen molar-refractivity contribution < 1.29 is 36.7 Å². The number of nitrogens with one attached hydrogen (secondary N) is 1. The fourth-order valence-electron chi connectivity index (χ4n) is 22.2. The molecule has 0 atom stereocenters. The molecule has 6 heterocycles. The second-order valence-electron chi connectivity index (χ2n) is 35.6. The maximum absolute atomic E-state index is 9.96. The molecule has 24 aromatic carbocycles. The van der Waals surface area contributed by atoms with Crippen LogP contribution in [-0.2, 0) is 0 Å². The monoisotopic (exact) mass is 1820 g/mol. The van der Waals surface area contributed by atoms with E-state index in [0.717, 1.165) is 77.4 Å². The first-order valence-corrected chi connectivity index (χ1v) is 47.1. The zero-order chi connectivity index (χ0) is 92.7. The summed E-state index contributed by atoms with van der Waals surface area (Å²) in [5.74, 6) is 2.95. The Morgan fingerprint density at radius 3 is 0.750 bits per heavy atom. The third-order valence-electron chi connectivity index (χ3n) is 28.2. The van der Waals surface area contributed by atoms with Crippen LogP contribution in [0.2, 0.25) is 5.28 Å². The van der Waals surface area contributed by atoms with Gasteiger partial charge in [0.1, 0.15) is 0 Å². The van der Waals surface area contributed by atoms with E-state index >= 15 is 0 Å². The number of nitrogens with zero attached hydrogens (tertiary/aromatic N) is 9.